The van der Waals surface area contributed by atoms with E-state index in [1.54, 1.807) is 6.92 Å². The van der Waals surface area contributed by atoms with Gasteiger partial charge in [-0.15, -0.1) is 0 Å². The van der Waals surface area contributed by atoms with Crippen molar-refractivity contribution >= 4 is 0 Å². The number of furan rings is 1. The summed E-state index contributed by atoms with van der Waals surface area (Å²) in [5.41, 5.74) is 1.39. The summed E-state index contributed by atoms with van der Waals surface area (Å²) in [6, 6.07) is 3.66. The van der Waals surface area contributed by atoms with Crippen LogP contribution in [0.2, 0.25) is 0 Å². The molecule has 0 atom stereocenters. The molecule has 16 heavy (non-hydrogen) atoms. The molecule has 4 heteroatoms. The first-order valence-corrected chi connectivity index (χ1v) is 5.28. The van der Waals surface area contributed by atoms with E-state index in [0.717, 1.165) is 17.9 Å². The average Bonchev–Trinajstić information content (AvgIpc) is 2.69. The van der Waals surface area contributed by atoms with Crippen LogP contribution in [0.1, 0.15) is 23.9 Å². The van der Waals surface area contributed by atoms with Crippen LogP contribution < -0.4 is 5.56 Å². The van der Waals surface area contributed by atoms with Crippen molar-refractivity contribution in [1.82, 2.24) is 9.97 Å². The maximum absolute atomic E-state index is 11.7. The van der Waals surface area contributed by atoms with Gasteiger partial charge in [-0.3, -0.25) is 4.79 Å². The molecular formula is C12H14N2O2. The molecule has 0 saturated heterocycles. The van der Waals surface area contributed by atoms with Gasteiger partial charge in [0.15, 0.2) is 11.6 Å². The van der Waals surface area contributed by atoms with E-state index < -0.39 is 0 Å². The third-order valence-corrected chi connectivity index (χ3v) is 2.56. The van der Waals surface area contributed by atoms with Crippen molar-refractivity contribution in [2.45, 2.75) is 27.2 Å². The van der Waals surface area contributed by atoms with Gasteiger partial charge in [-0.1, -0.05) is 6.92 Å². The molecule has 0 aromatic carbocycles. The molecule has 4 nitrogen and oxygen atoms in total. The lowest BCUT2D eigenvalue weighted by atomic mass is 10.2. The molecule has 0 aliphatic rings. The molecule has 0 unspecified atom stereocenters. The van der Waals surface area contributed by atoms with Crippen LogP contribution in [0.3, 0.4) is 0 Å². The van der Waals surface area contributed by atoms with Crippen LogP contribution in [-0.4, -0.2) is 9.97 Å². The molecule has 2 heterocycles. The molecule has 1 N–H and O–H groups in total. The lowest BCUT2D eigenvalue weighted by Crippen LogP contribution is -2.15. The highest BCUT2D eigenvalue weighted by Gasteiger charge is 2.09. The fourth-order valence-electron chi connectivity index (χ4n) is 1.60. The van der Waals surface area contributed by atoms with Crippen LogP contribution in [0.15, 0.2) is 21.3 Å². The number of aromatic amines is 1. The minimum absolute atomic E-state index is 0.101. The van der Waals surface area contributed by atoms with Gasteiger partial charge in [0.25, 0.3) is 5.56 Å². The number of aryl methyl sites for hydroxylation is 2. The molecule has 0 amide bonds. The second-order valence-electron chi connectivity index (χ2n) is 3.75. The van der Waals surface area contributed by atoms with E-state index >= 15 is 0 Å². The van der Waals surface area contributed by atoms with Gasteiger partial charge in [-0.05, 0) is 32.4 Å². The summed E-state index contributed by atoms with van der Waals surface area (Å²) in [6.45, 7) is 5.62. The summed E-state index contributed by atoms with van der Waals surface area (Å²) in [6.07, 6.45) is 0.739. The second kappa shape index (κ2) is 3.96. The number of nitrogens with one attached hydrogen (secondary N) is 1. The van der Waals surface area contributed by atoms with Crippen LogP contribution in [0, 0.1) is 13.8 Å². The summed E-state index contributed by atoms with van der Waals surface area (Å²) in [5, 5.41) is 0. The van der Waals surface area contributed by atoms with E-state index in [1.165, 1.54) is 0 Å². The van der Waals surface area contributed by atoms with Crippen molar-refractivity contribution in [1.29, 1.82) is 0 Å². The van der Waals surface area contributed by atoms with E-state index in [2.05, 4.69) is 9.97 Å². The largest absolute Gasteiger partial charge is 0.458 e. The van der Waals surface area contributed by atoms with Gasteiger partial charge >= 0.3 is 0 Å². The van der Waals surface area contributed by atoms with Crippen molar-refractivity contribution in [2.24, 2.45) is 0 Å². The highest BCUT2D eigenvalue weighted by atomic mass is 16.3. The Kier molecular flexibility index (Phi) is 2.64. The number of H-pyrrole nitrogens is 1. The zero-order valence-electron chi connectivity index (χ0n) is 9.63. The van der Waals surface area contributed by atoms with Crippen molar-refractivity contribution in [2.75, 3.05) is 0 Å². The van der Waals surface area contributed by atoms with E-state index in [4.69, 9.17) is 4.42 Å². The van der Waals surface area contributed by atoms with E-state index in [9.17, 15) is 4.79 Å². The van der Waals surface area contributed by atoms with E-state index in [-0.39, 0.29) is 5.56 Å². The third-order valence-electron chi connectivity index (χ3n) is 2.56. The number of nitrogens with zero attached hydrogens (tertiary/aromatic N) is 1. The van der Waals surface area contributed by atoms with Crippen molar-refractivity contribution in [3.63, 3.8) is 0 Å². The molecule has 2 aromatic rings. The van der Waals surface area contributed by atoms with Gasteiger partial charge in [0.05, 0.1) is 5.69 Å². The quantitative estimate of drug-likeness (QED) is 0.840. The van der Waals surface area contributed by atoms with Gasteiger partial charge in [0, 0.05) is 5.56 Å². The molecule has 0 radical (unpaired) electrons. The normalized spacial score (nSPS) is 10.7. The predicted molar refractivity (Wildman–Crippen MR) is 61.4 cm³/mol. The Labute approximate surface area is 93.3 Å². The molecule has 0 bridgehead atoms. The predicted octanol–water partition coefficient (Wildman–Crippen LogP) is 2.21. The zero-order chi connectivity index (χ0) is 11.7. The lowest BCUT2D eigenvalue weighted by Gasteiger charge is -2.03. The van der Waals surface area contributed by atoms with Crippen LogP contribution in [0.25, 0.3) is 11.6 Å². The first-order chi connectivity index (χ1) is 7.61. The topological polar surface area (TPSA) is 58.9 Å². The SMILES string of the molecule is CCc1nc(-c2ccc(C)o2)[nH]c(=O)c1C. The molecule has 0 aliphatic carbocycles. The van der Waals surface area contributed by atoms with Gasteiger partial charge in [0.2, 0.25) is 0 Å². The summed E-state index contributed by atoms with van der Waals surface area (Å²) < 4.78 is 5.43. The standard InChI is InChI=1S/C12H14N2O2/c1-4-9-8(3)12(15)14-11(13-9)10-6-5-7(2)16-10/h5-6H,4H2,1-3H3,(H,13,14,15). The minimum Gasteiger partial charge on any atom is -0.458 e. The lowest BCUT2D eigenvalue weighted by molar-refractivity contribution is 0.543. The average molecular weight is 218 g/mol. The van der Waals surface area contributed by atoms with Crippen molar-refractivity contribution < 1.29 is 4.42 Å². The molecular weight excluding hydrogens is 204 g/mol. The first-order valence-electron chi connectivity index (χ1n) is 5.28. The molecule has 0 aliphatic heterocycles. The van der Waals surface area contributed by atoms with Crippen LogP contribution in [0.4, 0.5) is 0 Å². The number of hydrogen-bond acceptors (Lipinski definition) is 3. The van der Waals surface area contributed by atoms with Gasteiger partial charge in [-0.25, -0.2) is 4.98 Å². The van der Waals surface area contributed by atoms with Crippen molar-refractivity contribution in [3.05, 3.63) is 39.5 Å². The van der Waals surface area contributed by atoms with Crippen molar-refractivity contribution in [3.8, 4) is 11.6 Å². The number of rotatable bonds is 2. The number of hydrogen-bond donors (Lipinski definition) is 1. The first kappa shape index (κ1) is 10.7. The van der Waals surface area contributed by atoms with E-state index in [1.807, 2.05) is 26.0 Å². The van der Waals surface area contributed by atoms with Gasteiger partial charge < -0.3 is 9.40 Å². The Morgan fingerprint density at radius 2 is 2.12 bits per heavy atom. The molecule has 2 aromatic heterocycles. The fraction of sp³-hybridized carbons (Fsp3) is 0.333. The van der Waals surface area contributed by atoms with Crippen LogP contribution >= 0.6 is 0 Å². The Morgan fingerprint density at radius 1 is 1.38 bits per heavy atom. The van der Waals surface area contributed by atoms with E-state index in [0.29, 0.717) is 17.1 Å². The highest BCUT2D eigenvalue weighted by molar-refractivity contribution is 5.47. The Hall–Kier alpha value is -1.84. The highest BCUT2D eigenvalue weighted by Crippen LogP contribution is 2.17. The van der Waals surface area contributed by atoms with Gasteiger partial charge in [-0.2, -0.15) is 0 Å². The Balaban J connectivity index is 2.59. The van der Waals surface area contributed by atoms with Crippen LogP contribution in [-0.2, 0) is 6.42 Å². The summed E-state index contributed by atoms with van der Waals surface area (Å²) >= 11 is 0. The zero-order valence-corrected chi connectivity index (χ0v) is 9.63. The smallest absolute Gasteiger partial charge is 0.254 e. The number of aromatic nitrogens is 2. The third kappa shape index (κ3) is 1.78. The maximum atomic E-state index is 11.7. The molecule has 0 saturated carbocycles. The molecule has 0 fully saturated rings. The maximum Gasteiger partial charge on any atom is 0.254 e. The molecule has 84 valence electrons. The summed E-state index contributed by atoms with van der Waals surface area (Å²) in [7, 11) is 0. The van der Waals surface area contributed by atoms with Gasteiger partial charge in [0.1, 0.15) is 5.76 Å². The second-order valence-corrected chi connectivity index (χ2v) is 3.75. The monoisotopic (exact) mass is 218 g/mol. The minimum atomic E-state index is -0.101. The van der Waals surface area contributed by atoms with Crippen LogP contribution in [0.5, 0.6) is 0 Å². The summed E-state index contributed by atoms with van der Waals surface area (Å²) in [4.78, 5) is 18.8. The fourth-order valence-corrected chi connectivity index (χ4v) is 1.60. The molecule has 0 spiro atoms. The Bertz CT molecular complexity index is 567. The Morgan fingerprint density at radius 3 is 2.69 bits per heavy atom. The molecule has 2 rings (SSSR count). The summed E-state index contributed by atoms with van der Waals surface area (Å²) in [5.74, 6) is 1.90.